The van der Waals surface area contributed by atoms with Crippen molar-refractivity contribution in [3.8, 4) is 6.07 Å². The van der Waals surface area contributed by atoms with E-state index in [2.05, 4.69) is 20.9 Å². The van der Waals surface area contributed by atoms with Crippen LogP contribution in [0.1, 0.15) is 50.6 Å². The van der Waals surface area contributed by atoms with Gasteiger partial charge in [-0.1, -0.05) is 19.3 Å². The molecule has 2 heterocycles. The van der Waals surface area contributed by atoms with Crippen LogP contribution in [0.2, 0.25) is 0 Å². The van der Waals surface area contributed by atoms with Crippen LogP contribution in [0.5, 0.6) is 0 Å². The molecule has 1 spiro atoms. The number of hydrogen-bond donors (Lipinski definition) is 0. The summed E-state index contributed by atoms with van der Waals surface area (Å²) in [6.07, 6.45) is 12.6. The number of nitrogens with zero attached hydrogens (tertiary/aromatic N) is 4. The molecule has 1 saturated heterocycles. The van der Waals surface area contributed by atoms with Crippen LogP contribution in [-0.4, -0.2) is 23.1 Å². The van der Waals surface area contributed by atoms with Crippen LogP contribution in [0.15, 0.2) is 12.4 Å². The average molecular weight is 256 g/mol. The van der Waals surface area contributed by atoms with E-state index in [1.165, 1.54) is 44.9 Å². The predicted octanol–water partition coefficient (Wildman–Crippen LogP) is 2.90. The lowest BCUT2D eigenvalue weighted by atomic mass is 9.69. The van der Waals surface area contributed by atoms with Crippen molar-refractivity contribution in [1.29, 1.82) is 5.26 Å². The lowest BCUT2D eigenvalue weighted by molar-refractivity contribution is 0.155. The van der Waals surface area contributed by atoms with Gasteiger partial charge in [0.25, 0.3) is 0 Å². The first-order chi connectivity index (χ1) is 9.33. The number of rotatable bonds is 1. The Kier molecular flexibility index (Phi) is 3.37. The molecule has 1 saturated carbocycles. The third-order valence-electron chi connectivity index (χ3n) is 4.66. The van der Waals surface area contributed by atoms with Crippen molar-refractivity contribution in [2.75, 3.05) is 18.0 Å². The monoisotopic (exact) mass is 256 g/mol. The first-order valence-electron chi connectivity index (χ1n) is 7.29. The highest BCUT2D eigenvalue weighted by Crippen LogP contribution is 2.43. The molecule has 100 valence electrons. The summed E-state index contributed by atoms with van der Waals surface area (Å²) in [5, 5.41) is 9.17. The standard InChI is InChI=1S/C15H20N4/c16-11-13-14(18-9-8-17-13)19-10-4-7-15(12-19)5-2-1-3-6-15/h8-9H,1-7,10,12H2. The van der Waals surface area contributed by atoms with Crippen LogP contribution < -0.4 is 4.90 Å². The summed E-state index contributed by atoms with van der Waals surface area (Å²) in [4.78, 5) is 10.8. The van der Waals surface area contributed by atoms with Gasteiger partial charge in [-0.05, 0) is 31.1 Å². The Labute approximate surface area is 114 Å². The lowest BCUT2D eigenvalue weighted by Crippen LogP contribution is -2.45. The van der Waals surface area contributed by atoms with Crippen molar-refractivity contribution in [1.82, 2.24) is 9.97 Å². The molecular formula is C15H20N4. The first-order valence-corrected chi connectivity index (χ1v) is 7.29. The van der Waals surface area contributed by atoms with Crippen molar-refractivity contribution >= 4 is 5.82 Å². The number of nitriles is 1. The summed E-state index contributed by atoms with van der Waals surface area (Å²) < 4.78 is 0. The molecule has 2 aliphatic rings. The maximum absolute atomic E-state index is 9.17. The van der Waals surface area contributed by atoms with Gasteiger partial charge in [0.2, 0.25) is 0 Å². The quantitative estimate of drug-likeness (QED) is 0.775. The third-order valence-corrected chi connectivity index (χ3v) is 4.66. The van der Waals surface area contributed by atoms with Gasteiger partial charge in [-0.2, -0.15) is 5.26 Å². The largest absolute Gasteiger partial charge is 0.354 e. The predicted molar refractivity (Wildman–Crippen MR) is 73.7 cm³/mol. The van der Waals surface area contributed by atoms with Crippen molar-refractivity contribution in [3.63, 3.8) is 0 Å². The molecule has 0 radical (unpaired) electrons. The highest BCUT2D eigenvalue weighted by Gasteiger charge is 2.37. The van der Waals surface area contributed by atoms with E-state index >= 15 is 0 Å². The summed E-state index contributed by atoms with van der Waals surface area (Å²) in [6, 6.07) is 2.17. The van der Waals surface area contributed by atoms with E-state index in [1.807, 2.05) is 0 Å². The highest BCUT2D eigenvalue weighted by molar-refractivity contribution is 5.50. The van der Waals surface area contributed by atoms with E-state index in [0.29, 0.717) is 11.1 Å². The Morgan fingerprint density at radius 1 is 1.05 bits per heavy atom. The van der Waals surface area contributed by atoms with Gasteiger partial charge in [0, 0.05) is 25.5 Å². The Morgan fingerprint density at radius 3 is 2.58 bits per heavy atom. The molecule has 1 aromatic heterocycles. The summed E-state index contributed by atoms with van der Waals surface area (Å²) >= 11 is 0. The van der Waals surface area contributed by atoms with Gasteiger partial charge in [0.15, 0.2) is 11.5 Å². The zero-order valence-electron chi connectivity index (χ0n) is 11.3. The van der Waals surface area contributed by atoms with Crippen LogP contribution in [-0.2, 0) is 0 Å². The molecule has 4 heteroatoms. The number of hydrogen-bond acceptors (Lipinski definition) is 4. The van der Waals surface area contributed by atoms with Crippen LogP contribution in [0.4, 0.5) is 5.82 Å². The second-order valence-corrected chi connectivity index (χ2v) is 5.93. The minimum Gasteiger partial charge on any atom is -0.354 e. The van der Waals surface area contributed by atoms with Gasteiger partial charge >= 0.3 is 0 Å². The molecule has 1 aliphatic carbocycles. The lowest BCUT2D eigenvalue weighted by Gasteiger charge is -2.45. The van der Waals surface area contributed by atoms with E-state index in [4.69, 9.17) is 0 Å². The zero-order valence-corrected chi connectivity index (χ0v) is 11.3. The minimum absolute atomic E-state index is 0.468. The van der Waals surface area contributed by atoms with Crippen LogP contribution in [0, 0.1) is 16.7 Å². The molecule has 0 aromatic carbocycles. The summed E-state index contributed by atoms with van der Waals surface area (Å²) in [5.74, 6) is 0.787. The fourth-order valence-electron chi connectivity index (χ4n) is 3.74. The molecule has 3 rings (SSSR count). The highest BCUT2D eigenvalue weighted by atomic mass is 15.2. The molecule has 1 aromatic rings. The Bertz CT molecular complexity index is 480. The smallest absolute Gasteiger partial charge is 0.183 e. The normalized spacial score (nSPS) is 22.2. The topological polar surface area (TPSA) is 52.8 Å². The molecule has 0 bridgehead atoms. The van der Waals surface area contributed by atoms with Gasteiger partial charge in [-0.3, -0.25) is 0 Å². The number of piperidine rings is 1. The molecule has 0 unspecified atom stereocenters. The summed E-state index contributed by atoms with van der Waals surface area (Å²) in [7, 11) is 0. The van der Waals surface area contributed by atoms with Crippen molar-refractivity contribution in [3.05, 3.63) is 18.1 Å². The van der Waals surface area contributed by atoms with E-state index in [0.717, 1.165) is 18.9 Å². The van der Waals surface area contributed by atoms with Crippen LogP contribution >= 0.6 is 0 Å². The fourth-order valence-corrected chi connectivity index (χ4v) is 3.74. The second kappa shape index (κ2) is 5.16. The zero-order chi connectivity index (χ0) is 13.1. The van der Waals surface area contributed by atoms with Gasteiger partial charge in [-0.15, -0.1) is 0 Å². The first kappa shape index (κ1) is 12.4. The van der Waals surface area contributed by atoms with E-state index in [1.54, 1.807) is 12.4 Å². The van der Waals surface area contributed by atoms with Crippen molar-refractivity contribution in [2.24, 2.45) is 5.41 Å². The fraction of sp³-hybridized carbons (Fsp3) is 0.667. The van der Waals surface area contributed by atoms with E-state index in [9.17, 15) is 5.26 Å². The summed E-state index contributed by atoms with van der Waals surface area (Å²) in [5.41, 5.74) is 0.941. The molecule has 19 heavy (non-hydrogen) atoms. The Balaban J connectivity index is 1.83. The minimum atomic E-state index is 0.468. The molecule has 1 aliphatic heterocycles. The maximum atomic E-state index is 9.17. The van der Waals surface area contributed by atoms with E-state index < -0.39 is 0 Å². The third kappa shape index (κ3) is 2.42. The van der Waals surface area contributed by atoms with Gasteiger partial charge in [-0.25, -0.2) is 9.97 Å². The SMILES string of the molecule is N#Cc1nccnc1N1CCCC2(CCCCC2)C1. The van der Waals surface area contributed by atoms with Gasteiger partial charge < -0.3 is 4.90 Å². The van der Waals surface area contributed by atoms with Crippen molar-refractivity contribution in [2.45, 2.75) is 44.9 Å². The van der Waals surface area contributed by atoms with E-state index in [-0.39, 0.29) is 0 Å². The Hall–Kier alpha value is -1.63. The molecule has 0 N–H and O–H groups in total. The van der Waals surface area contributed by atoms with Crippen LogP contribution in [0.3, 0.4) is 0 Å². The molecular weight excluding hydrogens is 236 g/mol. The number of anilines is 1. The summed E-state index contributed by atoms with van der Waals surface area (Å²) in [6.45, 7) is 2.06. The molecule has 0 atom stereocenters. The van der Waals surface area contributed by atoms with Crippen LogP contribution in [0.25, 0.3) is 0 Å². The van der Waals surface area contributed by atoms with Gasteiger partial charge in [0.1, 0.15) is 6.07 Å². The Morgan fingerprint density at radius 2 is 1.79 bits per heavy atom. The van der Waals surface area contributed by atoms with Crippen molar-refractivity contribution < 1.29 is 0 Å². The number of aromatic nitrogens is 2. The molecule has 4 nitrogen and oxygen atoms in total. The average Bonchev–Trinajstić information content (AvgIpc) is 2.48. The molecule has 2 fully saturated rings. The molecule has 0 amide bonds. The maximum Gasteiger partial charge on any atom is 0.183 e. The van der Waals surface area contributed by atoms with Gasteiger partial charge in [0.05, 0.1) is 0 Å². The second-order valence-electron chi connectivity index (χ2n) is 5.93.